The van der Waals surface area contributed by atoms with E-state index >= 15 is 0 Å². The minimum atomic E-state index is 0.451. The van der Waals surface area contributed by atoms with E-state index in [1.807, 2.05) is 71.3 Å². The Kier molecular flexibility index (Phi) is 2.79. The Hall–Kier alpha value is -3.94. The molecule has 8 heteroatoms. The molecule has 0 aliphatic carbocycles. The molecule has 0 bridgehead atoms. The Morgan fingerprint density at radius 1 is 0.926 bits per heavy atom. The van der Waals surface area contributed by atoms with Crippen LogP contribution in [0.2, 0.25) is 0 Å². The fraction of sp³-hybridized carbons (Fsp3) is 0.0526. The van der Waals surface area contributed by atoms with Gasteiger partial charge in [-0.25, -0.2) is 9.98 Å². The third-order valence-electron chi connectivity index (χ3n) is 4.81. The lowest BCUT2D eigenvalue weighted by Crippen LogP contribution is -2.51. The second kappa shape index (κ2) is 5.28. The van der Waals surface area contributed by atoms with Crippen molar-refractivity contribution in [3.63, 3.8) is 0 Å². The molecule has 0 atom stereocenters. The van der Waals surface area contributed by atoms with Gasteiger partial charge in [0.05, 0.1) is 18.1 Å². The lowest BCUT2D eigenvalue weighted by molar-refractivity contribution is 0.544. The van der Waals surface area contributed by atoms with Crippen LogP contribution < -0.4 is 10.1 Å². The highest BCUT2D eigenvalue weighted by Crippen LogP contribution is 2.33. The van der Waals surface area contributed by atoms with Crippen molar-refractivity contribution in [1.29, 1.82) is 0 Å². The fourth-order valence-corrected chi connectivity index (χ4v) is 3.56. The molecule has 0 saturated heterocycles. The van der Waals surface area contributed by atoms with Crippen molar-refractivity contribution in [2.75, 3.05) is 16.8 Å². The van der Waals surface area contributed by atoms with Crippen molar-refractivity contribution in [1.82, 2.24) is 24.7 Å². The van der Waals surface area contributed by atoms with Gasteiger partial charge in [-0.15, -0.1) is 9.89 Å². The molecular weight excluding hydrogens is 340 g/mol. The van der Waals surface area contributed by atoms with Crippen molar-refractivity contribution in [2.45, 2.75) is 0 Å². The first-order valence-corrected chi connectivity index (χ1v) is 8.62. The maximum atomic E-state index is 4.76. The van der Waals surface area contributed by atoms with Gasteiger partial charge in [0.1, 0.15) is 12.0 Å². The Balaban J connectivity index is 1.44. The number of hydrazine groups is 1. The molecule has 6 rings (SSSR count). The number of aliphatic imine (C=N–C) groups is 1. The van der Waals surface area contributed by atoms with E-state index < -0.39 is 0 Å². The molecule has 0 fully saturated rings. The van der Waals surface area contributed by atoms with Gasteiger partial charge in [-0.05, 0) is 17.3 Å². The monoisotopic (exact) mass is 354 g/mol. The summed E-state index contributed by atoms with van der Waals surface area (Å²) in [5, 5.41) is 12.6. The quantitative estimate of drug-likeness (QED) is 0.552. The molecule has 4 heterocycles. The summed E-state index contributed by atoms with van der Waals surface area (Å²) in [7, 11) is 0. The lowest BCUT2D eigenvalue weighted by Gasteiger charge is -2.34. The molecule has 2 aliphatic rings. The lowest BCUT2D eigenvalue weighted by atomic mass is 10.1. The van der Waals surface area contributed by atoms with Crippen LogP contribution in [0.25, 0.3) is 16.9 Å². The summed E-state index contributed by atoms with van der Waals surface area (Å²) < 4.78 is 2.06. The SMILES string of the molecule is c1ccc(-c2cn(N3CN=C4c5ccccc5-n5cncc5N43)nn2)cc1. The normalized spacial score (nSPS) is 14.6. The molecule has 0 unspecified atom stereocenters. The Morgan fingerprint density at radius 2 is 1.78 bits per heavy atom. The Morgan fingerprint density at radius 3 is 2.70 bits per heavy atom. The van der Waals surface area contributed by atoms with E-state index in [9.17, 15) is 0 Å². The third kappa shape index (κ3) is 1.97. The van der Waals surface area contributed by atoms with E-state index in [2.05, 4.69) is 32.0 Å². The second-order valence-electron chi connectivity index (χ2n) is 6.34. The molecule has 8 nitrogen and oxygen atoms in total. The molecule has 0 spiro atoms. The fourth-order valence-electron chi connectivity index (χ4n) is 3.56. The van der Waals surface area contributed by atoms with Gasteiger partial charge >= 0.3 is 0 Å². The first-order valence-electron chi connectivity index (χ1n) is 8.62. The largest absolute Gasteiger partial charge is 0.283 e. The van der Waals surface area contributed by atoms with Crippen molar-refractivity contribution in [2.24, 2.45) is 4.99 Å². The first kappa shape index (κ1) is 14.3. The van der Waals surface area contributed by atoms with Crippen LogP contribution in [-0.4, -0.2) is 37.2 Å². The summed E-state index contributed by atoms with van der Waals surface area (Å²) in [6.07, 6.45) is 5.56. The molecule has 0 radical (unpaired) electrons. The summed E-state index contributed by atoms with van der Waals surface area (Å²) in [6, 6.07) is 18.2. The number of para-hydroxylation sites is 1. The van der Waals surface area contributed by atoms with Gasteiger partial charge in [-0.1, -0.05) is 42.5 Å². The summed E-state index contributed by atoms with van der Waals surface area (Å²) in [4.78, 5) is 10.8. The molecule has 27 heavy (non-hydrogen) atoms. The van der Waals surface area contributed by atoms with E-state index in [4.69, 9.17) is 4.99 Å². The van der Waals surface area contributed by atoms with Crippen LogP contribution in [0.4, 0.5) is 5.82 Å². The van der Waals surface area contributed by atoms with Crippen LogP contribution in [0.5, 0.6) is 0 Å². The zero-order valence-corrected chi connectivity index (χ0v) is 14.2. The highest BCUT2D eigenvalue weighted by molar-refractivity contribution is 6.15. The average molecular weight is 354 g/mol. The van der Waals surface area contributed by atoms with Crippen molar-refractivity contribution >= 4 is 11.7 Å². The number of hydrogen-bond donors (Lipinski definition) is 0. The zero-order chi connectivity index (χ0) is 17.8. The molecular formula is C19H14N8. The predicted octanol–water partition coefficient (Wildman–Crippen LogP) is 2.22. The number of imidazole rings is 1. The Labute approximate surface area is 154 Å². The number of rotatable bonds is 2. The van der Waals surface area contributed by atoms with E-state index in [0.29, 0.717) is 6.67 Å². The van der Waals surface area contributed by atoms with Crippen LogP contribution in [-0.2, 0) is 0 Å². The molecule has 4 aromatic rings. The number of aromatic nitrogens is 5. The second-order valence-corrected chi connectivity index (χ2v) is 6.34. The van der Waals surface area contributed by atoms with Gasteiger partial charge in [0.25, 0.3) is 0 Å². The van der Waals surface area contributed by atoms with Crippen LogP contribution in [0.1, 0.15) is 5.56 Å². The van der Waals surface area contributed by atoms with E-state index in [-0.39, 0.29) is 0 Å². The first-order chi connectivity index (χ1) is 13.4. The number of anilines is 1. The predicted molar refractivity (Wildman–Crippen MR) is 101 cm³/mol. The topological polar surface area (TPSA) is 67.4 Å². The summed E-state index contributed by atoms with van der Waals surface area (Å²) in [6.45, 7) is 0.451. The minimum Gasteiger partial charge on any atom is -0.283 e. The third-order valence-corrected chi connectivity index (χ3v) is 4.81. The van der Waals surface area contributed by atoms with Gasteiger partial charge in [-0.2, -0.15) is 10.1 Å². The molecule has 0 saturated carbocycles. The van der Waals surface area contributed by atoms with Crippen LogP contribution in [0, 0.1) is 0 Å². The minimum absolute atomic E-state index is 0.451. The van der Waals surface area contributed by atoms with E-state index in [0.717, 1.165) is 34.2 Å². The number of fused-ring (bicyclic) bond motifs is 6. The van der Waals surface area contributed by atoms with E-state index in [1.54, 1.807) is 4.79 Å². The molecule has 130 valence electrons. The highest BCUT2D eigenvalue weighted by Gasteiger charge is 2.36. The van der Waals surface area contributed by atoms with Gasteiger partial charge in [0.15, 0.2) is 18.3 Å². The number of amidine groups is 1. The van der Waals surface area contributed by atoms with Crippen molar-refractivity contribution in [3.8, 4) is 16.9 Å². The number of benzene rings is 2. The molecule has 2 aliphatic heterocycles. The summed E-state index contributed by atoms with van der Waals surface area (Å²) in [5.41, 5.74) is 3.98. The molecule has 0 N–H and O–H groups in total. The van der Waals surface area contributed by atoms with Gasteiger partial charge in [-0.3, -0.25) is 4.57 Å². The van der Waals surface area contributed by atoms with Crippen molar-refractivity contribution in [3.05, 3.63) is 78.9 Å². The molecule has 0 amide bonds. The van der Waals surface area contributed by atoms with Gasteiger partial charge in [0, 0.05) is 11.1 Å². The summed E-state index contributed by atoms with van der Waals surface area (Å²) in [5.74, 6) is 1.80. The standard InChI is InChI=1S/C19H14N8/c1-2-6-14(7-3-1)16-11-25(23-22-16)26-13-21-19-15-8-4-5-9-17(15)24-12-20-10-18(24)27(19)26/h1-12H,13H2. The smallest absolute Gasteiger partial charge is 0.162 e. The van der Waals surface area contributed by atoms with Crippen LogP contribution >= 0.6 is 0 Å². The maximum Gasteiger partial charge on any atom is 0.162 e. The van der Waals surface area contributed by atoms with Crippen molar-refractivity contribution < 1.29 is 0 Å². The Bertz CT molecular complexity index is 1170. The highest BCUT2D eigenvalue weighted by atomic mass is 15.9. The molecule has 2 aromatic carbocycles. The van der Waals surface area contributed by atoms with Gasteiger partial charge < -0.3 is 0 Å². The maximum absolute atomic E-state index is 4.76. The molecule has 2 aromatic heterocycles. The van der Waals surface area contributed by atoms with Crippen LogP contribution in [0.3, 0.4) is 0 Å². The average Bonchev–Trinajstić information content (AvgIpc) is 3.46. The number of hydrogen-bond acceptors (Lipinski definition) is 6. The van der Waals surface area contributed by atoms with E-state index in [1.165, 1.54) is 0 Å². The van der Waals surface area contributed by atoms with Crippen LogP contribution in [0.15, 0.2) is 78.3 Å². The summed E-state index contributed by atoms with van der Waals surface area (Å²) >= 11 is 0. The zero-order valence-electron chi connectivity index (χ0n) is 14.2. The number of nitrogens with zero attached hydrogens (tertiary/aromatic N) is 8. The van der Waals surface area contributed by atoms with Gasteiger partial charge in [0.2, 0.25) is 0 Å².